The molecule has 0 radical (unpaired) electrons. The maximum absolute atomic E-state index is 11.6. The number of nitrogens with zero attached hydrogens (tertiary/aromatic N) is 1. The first-order valence-corrected chi connectivity index (χ1v) is 5.92. The lowest BCUT2D eigenvalue weighted by atomic mass is 9.92. The van der Waals surface area contributed by atoms with Crippen molar-refractivity contribution in [3.63, 3.8) is 0 Å². The highest BCUT2D eigenvalue weighted by Crippen LogP contribution is 2.14. The van der Waals surface area contributed by atoms with Gasteiger partial charge in [0.1, 0.15) is 0 Å². The van der Waals surface area contributed by atoms with Gasteiger partial charge in [0, 0.05) is 20.1 Å². The van der Waals surface area contributed by atoms with Crippen molar-refractivity contribution in [3.05, 3.63) is 35.4 Å². The van der Waals surface area contributed by atoms with E-state index in [0.29, 0.717) is 18.7 Å². The van der Waals surface area contributed by atoms with E-state index in [-0.39, 0.29) is 5.91 Å². The summed E-state index contributed by atoms with van der Waals surface area (Å²) in [6.07, 6.45) is 0. The summed E-state index contributed by atoms with van der Waals surface area (Å²) in [4.78, 5) is 11.6. The summed E-state index contributed by atoms with van der Waals surface area (Å²) in [7, 11) is 1.63. The third-order valence-corrected chi connectivity index (χ3v) is 2.86. The largest absolute Gasteiger partial charge is 0.359 e. The van der Waals surface area contributed by atoms with Crippen LogP contribution in [-0.4, -0.2) is 19.5 Å². The third-order valence-electron chi connectivity index (χ3n) is 2.86. The van der Waals surface area contributed by atoms with Gasteiger partial charge in [-0.3, -0.25) is 4.79 Å². The Bertz CT molecular complexity index is 460. The smallest absolute Gasteiger partial charge is 0.226 e. The molecule has 0 atom stereocenters. The van der Waals surface area contributed by atoms with E-state index >= 15 is 0 Å². The molecule has 2 N–H and O–H groups in total. The fourth-order valence-corrected chi connectivity index (χ4v) is 1.71. The molecule has 0 saturated carbocycles. The summed E-state index contributed by atoms with van der Waals surface area (Å²) < 4.78 is 0. The van der Waals surface area contributed by atoms with Crippen molar-refractivity contribution < 1.29 is 4.79 Å². The predicted molar refractivity (Wildman–Crippen MR) is 70.7 cm³/mol. The van der Waals surface area contributed by atoms with Gasteiger partial charge in [-0.2, -0.15) is 5.26 Å². The zero-order valence-corrected chi connectivity index (χ0v) is 11.1. The van der Waals surface area contributed by atoms with E-state index in [1.807, 2.05) is 32.0 Å². The number of benzene rings is 1. The maximum Gasteiger partial charge on any atom is 0.226 e. The molecule has 18 heavy (non-hydrogen) atoms. The molecule has 4 heteroatoms. The van der Waals surface area contributed by atoms with Crippen LogP contribution in [0.1, 0.15) is 25.0 Å². The van der Waals surface area contributed by atoms with E-state index in [9.17, 15) is 4.79 Å². The van der Waals surface area contributed by atoms with Crippen LogP contribution in [0.15, 0.2) is 24.3 Å². The molecule has 0 saturated heterocycles. The van der Waals surface area contributed by atoms with Crippen LogP contribution in [-0.2, 0) is 11.3 Å². The second-order valence-corrected chi connectivity index (χ2v) is 4.84. The molecule has 0 aromatic heterocycles. The molecule has 1 amide bonds. The van der Waals surface area contributed by atoms with Crippen LogP contribution in [0.25, 0.3) is 0 Å². The van der Waals surface area contributed by atoms with Crippen LogP contribution in [0.5, 0.6) is 0 Å². The van der Waals surface area contributed by atoms with Gasteiger partial charge in [-0.15, -0.1) is 0 Å². The van der Waals surface area contributed by atoms with Crippen molar-refractivity contribution in [1.82, 2.24) is 10.6 Å². The number of amides is 1. The molecule has 0 aliphatic carbocycles. The molecule has 0 spiro atoms. The Morgan fingerprint density at radius 2 is 2.06 bits per heavy atom. The Morgan fingerprint density at radius 3 is 2.67 bits per heavy atom. The normalized spacial score (nSPS) is 10.8. The van der Waals surface area contributed by atoms with E-state index in [1.54, 1.807) is 13.1 Å². The maximum atomic E-state index is 11.6. The van der Waals surface area contributed by atoms with Gasteiger partial charge in [-0.1, -0.05) is 18.2 Å². The number of carbonyl (C=O) groups is 1. The van der Waals surface area contributed by atoms with Crippen molar-refractivity contribution in [3.8, 4) is 6.07 Å². The minimum Gasteiger partial charge on any atom is -0.359 e. The van der Waals surface area contributed by atoms with Crippen molar-refractivity contribution in [2.45, 2.75) is 20.4 Å². The average molecular weight is 245 g/mol. The van der Waals surface area contributed by atoms with Gasteiger partial charge in [-0.05, 0) is 25.5 Å². The first-order valence-electron chi connectivity index (χ1n) is 5.92. The van der Waals surface area contributed by atoms with E-state index in [1.165, 1.54) is 0 Å². The number of hydrogen-bond acceptors (Lipinski definition) is 3. The summed E-state index contributed by atoms with van der Waals surface area (Å²) >= 11 is 0. The van der Waals surface area contributed by atoms with Gasteiger partial charge < -0.3 is 10.6 Å². The minimum atomic E-state index is -0.462. The Labute approximate surface area is 108 Å². The lowest BCUT2D eigenvalue weighted by molar-refractivity contribution is -0.128. The van der Waals surface area contributed by atoms with Gasteiger partial charge in [-0.25, -0.2) is 0 Å². The quantitative estimate of drug-likeness (QED) is 0.824. The molecule has 4 nitrogen and oxygen atoms in total. The van der Waals surface area contributed by atoms with Gasteiger partial charge in [0.2, 0.25) is 5.91 Å². The number of nitriles is 1. The second kappa shape index (κ2) is 6.18. The van der Waals surface area contributed by atoms with E-state index in [2.05, 4.69) is 16.7 Å². The number of hydrogen-bond donors (Lipinski definition) is 2. The van der Waals surface area contributed by atoms with Crippen LogP contribution in [0.3, 0.4) is 0 Å². The fraction of sp³-hybridized carbons (Fsp3) is 0.429. The van der Waals surface area contributed by atoms with Crippen molar-refractivity contribution in [1.29, 1.82) is 5.26 Å². The summed E-state index contributed by atoms with van der Waals surface area (Å²) in [6.45, 7) is 4.92. The lowest BCUT2D eigenvalue weighted by Gasteiger charge is -2.23. The minimum absolute atomic E-state index is 0.00330. The molecule has 0 heterocycles. The standard InChI is InChI=1S/C14H19N3O/c1-14(2,13(18)16-3)10-17-9-12-7-5-4-6-11(12)8-15/h4-7,17H,9-10H2,1-3H3,(H,16,18). The summed E-state index contributed by atoms with van der Waals surface area (Å²) in [5.41, 5.74) is 1.16. The van der Waals surface area contributed by atoms with Crippen LogP contribution in [0.4, 0.5) is 0 Å². The Balaban J connectivity index is 2.57. The van der Waals surface area contributed by atoms with Crippen molar-refractivity contribution in [2.75, 3.05) is 13.6 Å². The van der Waals surface area contributed by atoms with E-state index < -0.39 is 5.41 Å². The molecular weight excluding hydrogens is 226 g/mol. The van der Waals surface area contributed by atoms with Crippen LogP contribution < -0.4 is 10.6 Å². The molecule has 0 fully saturated rings. The highest BCUT2D eigenvalue weighted by atomic mass is 16.2. The zero-order chi connectivity index (χ0) is 13.6. The first kappa shape index (κ1) is 14.2. The van der Waals surface area contributed by atoms with Gasteiger partial charge in [0.15, 0.2) is 0 Å². The van der Waals surface area contributed by atoms with Crippen LogP contribution in [0, 0.1) is 16.7 Å². The molecule has 1 rings (SSSR count). The molecular formula is C14H19N3O. The molecule has 0 unspecified atom stereocenters. The Morgan fingerprint density at radius 1 is 1.39 bits per heavy atom. The van der Waals surface area contributed by atoms with Crippen molar-refractivity contribution in [2.24, 2.45) is 5.41 Å². The molecule has 0 aliphatic heterocycles. The predicted octanol–water partition coefficient (Wildman–Crippen LogP) is 1.42. The second-order valence-electron chi connectivity index (χ2n) is 4.84. The lowest BCUT2D eigenvalue weighted by Crippen LogP contribution is -2.41. The number of nitrogens with one attached hydrogen (secondary N) is 2. The first-order chi connectivity index (χ1) is 8.51. The van der Waals surface area contributed by atoms with E-state index in [0.717, 1.165) is 5.56 Å². The van der Waals surface area contributed by atoms with Gasteiger partial charge in [0.25, 0.3) is 0 Å². The summed E-state index contributed by atoms with van der Waals surface area (Å²) in [5.74, 6) is 0.00330. The van der Waals surface area contributed by atoms with Gasteiger partial charge in [0.05, 0.1) is 17.0 Å². The monoisotopic (exact) mass is 245 g/mol. The summed E-state index contributed by atoms with van der Waals surface area (Å²) in [6, 6.07) is 9.61. The average Bonchev–Trinajstić information content (AvgIpc) is 2.38. The van der Waals surface area contributed by atoms with Crippen LogP contribution >= 0.6 is 0 Å². The fourth-order valence-electron chi connectivity index (χ4n) is 1.71. The SMILES string of the molecule is CNC(=O)C(C)(C)CNCc1ccccc1C#N. The van der Waals surface area contributed by atoms with Gasteiger partial charge >= 0.3 is 0 Å². The molecule has 96 valence electrons. The molecule has 1 aromatic carbocycles. The molecule has 1 aromatic rings. The molecule has 0 bridgehead atoms. The van der Waals surface area contributed by atoms with Crippen molar-refractivity contribution >= 4 is 5.91 Å². The Kier molecular flexibility index (Phi) is 4.87. The highest BCUT2D eigenvalue weighted by Gasteiger charge is 2.25. The zero-order valence-electron chi connectivity index (χ0n) is 11.1. The number of carbonyl (C=O) groups excluding carboxylic acids is 1. The number of rotatable bonds is 5. The Hall–Kier alpha value is -1.86. The van der Waals surface area contributed by atoms with Crippen LogP contribution in [0.2, 0.25) is 0 Å². The summed E-state index contributed by atoms with van der Waals surface area (Å²) in [5, 5.41) is 14.8. The highest BCUT2D eigenvalue weighted by molar-refractivity contribution is 5.81. The third kappa shape index (κ3) is 3.57. The molecule has 0 aliphatic rings. The topological polar surface area (TPSA) is 64.9 Å². The van der Waals surface area contributed by atoms with E-state index in [4.69, 9.17) is 5.26 Å².